The van der Waals surface area contributed by atoms with Gasteiger partial charge in [-0.3, -0.25) is 4.79 Å². The van der Waals surface area contributed by atoms with E-state index < -0.39 is 5.82 Å². The smallest absolute Gasteiger partial charge is 0.250 e. The van der Waals surface area contributed by atoms with Crippen LogP contribution in [0.5, 0.6) is 0 Å². The summed E-state index contributed by atoms with van der Waals surface area (Å²) in [4.78, 5) is 17.0. The Morgan fingerprint density at radius 1 is 1.19 bits per heavy atom. The van der Waals surface area contributed by atoms with Crippen molar-refractivity contribution in [3.63, 3.8) is 0 Å². The third-order valence-electron chi connectivity index (χ3n) is 4.56. The molecule has 0 fully saturated rings. The zero-order valence-electron chi connectivity index (χ0n) is 16.6. The number of rotatable bonds is 7. The number of benzene rings is 3. The molecule has 9 heteroatoms. The number of nitrogens with one attached hydrogen (secondary N) is 1. The third kappa shape index (κ3) is 5.56. The molecular formula is C23H17BrClFN4OS. The number of carbonyl (C=O) groups is 1. The Morgan fingerprint density at radius 3 is 2.78 bits per heavy atom. The predicted molar refractivity (Wildman–Crippen MR) is 131 cm³/mol. The van der Waals surface area contributed by atoms with E-state index in [1.54, 1.807) is 12.1 Å². The van der Waals surface area contributed by atoms with E-state index in [1.165, 1.54) is 24.0 Å². The number of hydrazone groups is 1. The van der Waals surface area contributed by atoms with Crippen LogP contribution in [0.2, 0.25) is 5.02 Å². The summed E-state index contributed by atoms with van der Waals surface area (Å²) >= 11 is 10.6. The number of hydrogen-bond donors (Lipinski definition) is 1. The summed E-state index contributed by atoms with van der Waals surface area (Å²) in [6.07, 6.45) is 1.28. The first-order valence-corrected chi connectivity index (χ1v) is 11.7. The predicted octanol–water partition coefficient (Wildman–Crippen LogP) is 5.88. The molecule has 4 aromatic rings. The summed E-state index contributed by atoms with van der Waals surface area (Å²) in [5.41, 5.74) is 5.62. The first-order valence-electron chi connectivity index (χ1n) is 9.59. The molecule has 32 heavy (non-hydrogen) atoms. The number of fused-ring (bicyclic) bond motifs is 1. The van der Waals surface area contributed by atoms with Gasteiger partial charge in [0, 0.05) is 15.1 Å². The Bertz CT molecular complexity index is 1290. The van der Waals surface area contributed by atoms with Gasteiger partial charge in [-0.15, -0.1) is 0 Å². The first kappa shape index (κ1) is 22.5. The Kier molecular flexibility index (Phi) is 7.24. The molecule has 3 aromatic carbocycles. The molecule has 0 spiro atoms. The minimum absolute atomic E-state index is 0.113. The zero-order chi connectivity index (χ0) is 22.5. The lowest BCUT2D eigenvalue weighted by molar-refractivity contribution is -0.118. The van der Waals surface area contributed by atoms with Crippen LogP contribution in [0, 0.1) is 5.82 Å². The maximum absolute atomic E-state index is 13.8. The van der Waals surface area contributed by atoms with Crippen molar-refractivity contribution in [3.8, 4) is 0 Å². The SMILES string of the molecule is O=C(CSc1nc2ccccc2n1Cc1ccc(Cl)cc1)NN=Cc1cc(Br)ccc1F. The summed E-state index contributed by atoms with van der Waals surface area (Å²) in [5.74, 6) is -0.620. The van der Waals surface area contributed by atoms with Gasteiger partial charge in [0.1, 0.15) is 5.82 Å². The van der Waals surface area contributed by atoms with Crippen LogP contribution >= 0.6 is 39.3 Å². The van der Waals surface area contributed by atoms with Gasteiger partial charge in [0.15, 0.2) is 5.16 Å². The number of carbonyl (C=O) groups excluding carboxylic acids is 1. The summed E-state index contributed by atoms with van der Waals surface area (Å²) in [5, 5.41) is 5.26. The zero-order valence-corrected chi connectivity index (χ0v) is 19.8. The second-order valence-electron chi connectivity index (χ2n) is 6.84. The Hall–Kier alpha value is -2.68. The lowest BCUT2D eigenvalue weighted by Crippen LogP contribution is -2.20. The van der Waals surface area contributed by atoms with Gasteiger partial charge >= 0.3 is 0 Å². The monoisotopic (exact) mass is 530 g/mol. The van der Waals surface area contributed by atoms with Gasteiger partial charge in [-0.2, -0.15) is 5.10 Å². The summed E-state index contributed by atoms with van der Waals surface area (Å²) in [6.45, 7) is 0.599. The summed E-state index contributed by atoms with van der Waals surface area (Å²) in [7, 11) is 0. The molecule has 1 N–H and O–H groups in total. The maximum atomic E-state index is 13.8. The number of amides is 1. The number of nitrogens with zero attached hydrogens (tertiary/aromatic N) is 3. The van der Waals surface area contributed by atoms with Crippen molar-refractivity contribution < 1.29 is 9.18 Å². The largest absolute Gasteiger partial charge is 0.314 e. The van der Waals surface area contributed by atoms with E-state index in [1.807, 2.05) is 48.5 Å². The van der Waals surface area contributed by atoms with Crippen LogP contribution in [0.3, 0.4) is 0 Å². The molecule has 0 atom stereocenters. The average molecular weight is 532 g/mol. The van der Waals surface area contributed by atoms with E-state index in [2.05, 4.69) is 36.0 Å². The molecule has 0 saturated heterocycles. The Balaban J connectivity index is 1.45. The quantitative estimate of drug-likeness (QED) is 0.184. The second-order valence-corrected chi connectivity index (χ2v) is 9.14. The summed E-state index contributed by atoms with van der Waals surface area (Å²) < 4.78 is 16.6. The Labute approximate surface area is 201 Å². The highest BCUT2D eigenvalue weighted by molar-refractivity contribution is 9.10. The van der Waals surface area contributed by atoms with Crippen LogP contribution < -0.4 is 5.43 Å². The molecule has 0 radical (unpaired) electrons. The van der Waals surface area contributed by atoms with Crippen LogP contribution in [0.4, 0.5) is 4.39 Å². The molecule has 4 rings (SSSR count). The lowest BCUT2D eigenvalue weighted by Gasteiger charge is -2.09. The Morgan fingerprint density at radius 2 is 1.97 bits per heavy atom. The lowest BCUT2D eigenvalue weighted by atomic mass is 10.2. The van der Waals surface area contributed by atoms with Crippen LogP contribution in [0.1, 0.15) is 11.1 Å². The molecule has 0 aliphatic heterocycles. The highest BCUT2D eigenvalue weighted by Gasteiger charge is 2.13. The fourth-order valence-corrected chi connectivity index (χ4v) is 4.35. The highest BCUT2D eigenvalue weighted by atomic mass is 79.9. The highest BCUT2D eigenvalue weighted by Crippen LogP contribution is 2.25. The van der Waals surface area contributed by atoms with E-state index in [-0.39, 0.29) is 17.2 Å². The number of para-hydroxylation sites is 2. The van der Waals surface area contributed by atoms with Crippen molar-refractivity contribution in [2.75, 3.05) is 5.75 Å². The maximum Gasteiger partial charge on any atom is 0.250 e. The van der Waals surface area contributed by atoms with Crippen LogP contribution in [0.15, 0.2) is 81.5 Å². The molecule has 0 unspecified atom stereocenters. The van der Waals surface area contributed by atoms with Crippen molar-refractivity contribution >= 4 is 62.4 Å². The molecule has 0 aliphatic rings. The molecule has 1 heterocycles. The van der Waals surface area contributed by atoms with Crippen molar-refractivity contribution in [1.29, 1.82) is 0 Å². The number of aromatic nitrogens is 2. The molecular weight excluding hydrogens is 515 g/mol. The molecule has 0 bridgehead atoms. The fraction of sp³-hybridized carbons (Fsp3) is 0.0870. The summed E-state index contributed by atoms with van der Waals surface area (Å²) in [6, 6.07) is 20.0. The third-order valence-corrected chi connectivity index (χ3v) is 6.28. The molecule has 1 aromatic heterocycles. The van der Waals surface area contributed by atoms with Crippen molar-refractivity contribution in [1.82, 2.24) is 15.0 Å². The number of halogens is 3. The van der Waals surface area contributed by atoms with Crippen LogP contribution in [0.25, 0.3) is 11.0 Å². The van der Waals surface area contributed by atoms with E-state index in [9.17, 15) is 9.18 Å². The molecule has 0 saturated carbocycles. The van der Waals surface area contributed by atoms with Gasteiger partial charge in [0.2, 0.25) is 0 Å². The van der Waals surface area contributed by atoms with Crippen molar-refractivity contribution in [2.24, 2.45) is 5.10 Å². The number of hydrogen-bond acceptors (Lipinski definition) is 4. The normalized spacial score (nSPS) is 11.3. The van der Waals surface area contributed by atoms with E-state index in [0.29, 0.717) is 11.6 Å². The number of imidazole rings is 1. The van der Waals surface area contributed by atoms with Crippen LogP contribution in [-0.4, -0.2) is 27.4 Å². The second kappa shape index (κ2) is 10.3. The molecule has 162 valence electrons. The van der Waals surface area contributed by atoms with Crippen molar-refractivity contribution in [2.45, 2.75) is 11.7 Å². The molecule has 1 amide bonds. The minimum atomic E-state index is -0.420. The number of thioether (sulfide) groups is 1. The van der Waals surface area contributed by atoms with E-state index >= 15 is 0 Å². The minimum Gasteiger partial charge on any atom is -0.314 e. The van der Waals surface area contributed by atoms with E-state index in [0.717, 1.165) is 26.2 Å². The standard InChI is InChI=1S/C23H17BrClFN4OS/c24-17-7-10-19(26)16(11-17)12-27-29-22(31)14-32-23-28-20-3-1-2-4-21(20)30(23)13-15-5-8-18(25)9-6-15/h1-12H,13-14H2,(H,29,31). The van der Waals surface area contributed by atoms with Gasteiger partial charge in [0.05, 0.1) is 29.5 Å². The van der Waals surface area contributed by atoms with Gasteiger partial charge in [-0.25, -0.2) is 14.8 Å². The first-order chi connectivity index (χ1) is 15.5. The van der Waals surface area contributed by atoms with Gasteiger partial charge in [-0.05, 0) is 48.0 Å². The van der Waals surface area contributed by atoms with Crippen molar-refractivity contribution in [3.05, 3.63) is 93.2 Å². The molecule has 5 nitrogen and oxygen atoms in total. The van der Waals surface area contributed by atoms with E-state index in [4.69, 9.17) is 11.6 Å². The van der Waals surface area contributed by atoms with Crippen LogP contribution in [-0.2, 0) is 11.3 Å². The van der Waals surface area contributed by atoms with Gasteiger partial charge in [-0.1, -0.05) is 63.6 Å². The topological polar surface area (TPSA) is 59.3 Å². The molecule has 0 aliphatic carbocycles. The average Bonchev–Trinajstić information content (AvgIpc) is 3.13. The fourth-order valence-electron chi connectivity index (χ4n) is 3.04. The van der Waals surface area contributed by atoms with Gasteiger partial charge in [0.25, 0.3) is 5.91 Å². The van der Waals surface area contributed by atoms with Gasteiger partial charge < -0.3 is 4.57 Å².